The van der Waals surface area contributed by atoms with Crippen LogP contribution in [0.4, 0.5) is 17.5 Å². The van der Waals surface area contributed by atoms with Crippen LogP contribution < -0.4 is 10.2 Å². The second kappa shape index (κ2) is 7.27. The van der Waals surface area contributed by atoms with Crippen LogP contribution in [0.25, 0.3) is 0 Å². The van der Waals surface area contributed by atoms with Gasteiger partial charge in [0, 0.05) is 44.9 Å². The monoisotopic (exact) mass is 352 g/mol. The molecule has 1 saturated heterocycles. The van der Waals surface area contributed by atoms with Crippen molar-refractivity contribution < 1.29 is 4.79 Å². The number of rotatable bonds is 5. The summed E-state index contributed by atoms with van der Waals surface area (Å²) in [6, 6.07) is 7.67. The summed E-state index contributed by atoms with van der Waals surface area (Å²) in [5.41, 5.74) is 0. The van der Waals surface area contributed by atoms with Crippen molar-refractivity contribution in [2.45, 2.75) is 26.2 Å². The van der Waals surface area contributed by atoms with Crippen molar-refractivity contribution >= 4 is 23.4 Å². The van der Waals surface area contributed by atoms with Crippen molar-refractivity contribution in [2.75, 3.05) is 36.4 Å². The normalized spacial score (nSPS) is 17.3. The number of nitrogens with zero attached hydrogens (tertiary/aromatic N) is 5. The molecule has 26 heavy (non-hydrogen) atoms. The van der Waals surface area contributed by atoms with Crippen molar-refractivity contribution in [3.05, 3.63) is 36.3 Å². The minimum absolute atomic E-state index is 0.309. The first-order valence-electron chi connectivity index (χ1n) is 9.24. The Labute approximate surface area is 153 Å². The first-order valence-corrected chi connectivity index (χ1v) is 9.24. The van der Waals surface area contributed by atoms with Gasteiger partial charge in [0.25, 0.3) is 0 Å². The molecule has 0 unspecified atom stereocenters. The lowest BCUT2D eigenvalue weighted by Crippen LogP contribution is -2.49. The smallest absolute Gasteiger partial charge is 0.222 e. The molecular weight excluding hydrogens is 328 g/mol. The lowest BCUT2D eigenvalue weighted by Gasteiger charge is -2.35. The number of pyridine rings is 1. The van der Waals surface area contributed by atoms with E-state index in [1.807, 2.05) is 36.1 Å². The molecule has 1 amide bonds. The molecular formula is C19H24N6O. The van der Waals surface area contributed by atoms with Crippen LogP contribution in [-0.2, 0) is 4.79 Å². The molecule has 1 N–H and O–H groups in total. The highest BCUT2D eigenvalue weighted by atomic mass is 16.2. The van der Waals surface area contributed by atoms with Gasteiger partial charge in [-0.3, -0.25) is 4.79 Å². The fraction of sp³-hybridized carbons (Fsp3) is 0.474. The molecule has 2 aliphatic rings. The molecule has 0 bridgehead atoms. The van der Waals surface area contributed by atoms with E-state index in [4.69, 9.17) is 0 Å². The molecule has 1 aliphatic heterocycles. The Morgan fingerprint density at radius 1 is 1.15 bits per heavy atom. The van der Waals surface area contributed by atoms with E-state index in [0.717, 1.165) is 50.1 Å². The minimum Gasteiger partial charge on any atom is -0.353 e. The van der Waals surface area contributed by atoms with E-state index < -0.39 is 0 Å². The van der Waals surface area contributed by atoms with Gasteiger partial charge in [0.05, 0.1) is 0 Å². The number of aromatic nitrogens is 3. The summed E-state index contributed by atoms with van der Waals surface area (Å²) in [7, 11) is 0. The van der Waals surface area contributed by atoms with Crippen molar-refractivity contribution in [3.8, 4) is 0 Å². The highest BCUT2D eigenvalue weighted by Gasteiger charge is 2.29. The molecule has 7 heteroatoms. The van der Waals surface area contributed by atoms with Crippen LogP contribution in [0, 0.1) is 12.8 Å². The van der Waals surface area contributed by atoms with E-state index in [1.165, 1.54) is 12.8 Å². The molecule has 2 aromatic heterocycles. The van der Waals surface area contributed by atoms with Crippen LogP contribution in [0.2, 0.25) is 0 Å². The molecule has 0 aromatic carbocycles. The number of aryl methyl sites for hydroxylation is 1. The summed E-state index contributed by atoms with van der Waals surface area (Å²) in [6.45, 7) is 5.02. The number of nitrogens with one attached hydrogen (secondary N) is 1. The average molecular weight is 352 g/mol. The molecule has 2 fully saturated rings. The molecule has 1 saturated carbocycles. The number of carbonyl (C=O) groups is 1. The summed E-state index contributed by atoms with van der Waals surface area (Å²) in [5.74, 6) is 4.05. The third kappa shape index (κ3) is 4.09. The fourth-order valence-corrected chi connectivity index (χ4v) is 3.23. The Hall–Kier alpha value is -2.70. The van der Waals surface area contributed by atoms with Gasteiger partial charge in [0.1, 0.15) is 23.3 Å². The van der Waals surface area contributed by atoms with Crippen LogP contribution in [0.3, 0.4) is 0 Å². The molecule has 3 heterocycles. The maximum atomic E-state index is 12.3. The zero-order valence-electron chi connectivity index (χ0n) is 15.1. The maximum absolute atomic E-state index is 12.3. The second-order valence-corrected chi connectivity index (χ2v) is 7.01. The fourth-order valence-electron chi connectivity index (χ4n) is 3.23. The quantitative estimate of drug-likeness (QED) is 0.890. The summed E-state index contributed by atoms with van der Waals surface area (Å²) in [4.78, 5) is 29.8. The van der Waals surface area contributed by atoms with Gasteiger partial charge in [-0.15, -0.1) is 0 Å². The third-order valence-electron chi connectivity index (χ3n) is 4.86. The lowest BCUT2D eigenvalue weighted by atomic mass is 10.2. The first kappa shape index (κ1) is 16.8. The van der Waals surface area contributed by atoms with Crippen molar-refractivity contribution in [2.24, 2.45) is 5.92 Å². The summed E-state index contributed by atoms with van der Waals surface area (Å²) >= 11 is 0. The van der Waals surface area contributed by atoms with Gasteiger partial charge in [-0.05, 0) is 37.8 Å². The van der Waals surface area contributed by atoms with Crippen molar-refractivity contribution in [3.63, 3.8) is 0 Å². The first-order chi connectivity index (χ1) is 12.7. The van der Waals surface area contributed by atoms with Crippen LogP contribution in [-0.4, -0.2) is 51.9 Å². The summed E-state index contributed by atoms with van der Waals surface area (Å²) in [6.07, 6.45) is 4.91. The maximum Gasteiger partial charge on any atom is 0.222 e. The number of piperazine rings is 1. The van der Waals surface area contributed by atoms with Crippen LogP contribution in [0.1, 0.15) is 25.1 Å². The van der Waals surface area contributed by atoms with E-state index >= 15 is 0 Å². The van der Waals surface area contributed by atoms with E-state index in [2.05, 4.69) is 25.2 Å². The summed E-state index contributed by atoms with van der Waals surface area (Å²) < 4.78 is 0. The van der Waals surface area contributed by atoms with Crippen LogP contribution in [0.5, 0.6) is 0 Å². The third-order valence-corrected chi connectivity index (χ3v) is 4.86. The Morgan fingerprint density at radius 2 is 1.96 bits per heavy atom. The molecule has 0 spiro atoms. The number of hydrogen-bond donors (Lipinski definition) is 1. The van der Waals surface area contributed by atoms with Gasteiger partial charge in [-0.2, -0.15) is 0 Å². The zero-order valence-corrected chi connectivity index (χ0v) is 15.1. The van der Waals surface area contributed by atoms with Gasteiger partial charge in [-0.25, -0.2) is 15.0 Å². The highest BCUT2D eigenvalue weighted by Crippen LogP contribution is 2.33. The standard InChI is InChI=1S/C19H24N6O/c1-14-21-17(23-16-4-2-3-7-20-16)13-18(22-14)24-8-10-25(11-9-24)19(26)12-15-5-6-15/h2-4,7,13,15H,5-6,8-12H2,1H3,(H,20,21,22,23). The van der Waals surface area contributed by atoms with Crippen LogP contribution in [0.15, 0.2) is 30.5 Å². The van der Waals surface area contributed by atoms with Gasteiger partial charge in [0.15, 0.2) is 0 Å². The Kier molecular flexibility index (Phi) is 4.69. The molecule has 136 valence electrons. The Bertz CT molecular complexity index is 769. The van der Waals surface area contributed by atoms with Crippen molar-refractivity contribution in [1.29, 1.82) is 0 Å². The summed E-state index contributed by atoms with van der Waals surface area (Å²) in [5, 5.41) is 3.23. The van der Waals surface area contributed by atoms with Crippen LogP contribution >= 0.6 is 0 Å². The molecule has 0 radical (unpaired) electrons. The Balaban J connectivity index is 1.40. The largest absolute Gasteiger partial charge is 0.353 e. The van der Waals surface area contributed by atoms with E-state index in [1.54, 1.807) is 6.20 Å². The van der Waals surface area contributed by atoms with Crippen molar-refractivity contribution in [1.82, 2.24) is 19.9 Å². The van der Waals surface area contributed by atoms with Gasteiger partial charge in [-0.1, -0.05) is 6.07 Å². The highest BCUT2D eigenvalue weighted by molar-refractivity contribution is 5.77. The Morgan fingerprint density at radius 3 is 2.65 bits per heavy atom. The lowest BCUT2D eigenvalue weighted by molar-refractivity contribution is -0.131. The van der Waals surface area contributed by atoms with Gasteiger partial charge >= 0.3 is 0 Å². The second-order valence-electron chi connectivity index (χ2n) is 7.01. The SMILES string of the molecule is Cc1nc(Nc2ccccn2)cc(N2CCN(C(=O)CC3CC3)CC2)n1. The predicted octanol–water partition coefficient (Wildman–Crippen LogP) is 2.37. The molecule has 7 nitrogen and oxygen atoms in total. The zero-order chi connectivity index (χ0) is 17.9. The number of hydrogen-bond acceptors (Lipinski definition) is 6. The van der Waals surface area contributed by atoms with Gasteiger partial charge < -0.3 is 15.1 Å². The number of anilines is 3. The molecule has 1 aliphatic carbocycles. The average Bonchev–Trinajstić information content (AvgIpc) is 3.46. The van der Waals surface area contributed by atoms with E-state index in [9.17, 15) is 4.79 Å². The molecule has 0 atom stereocenters. The van der Waals surface area contributed by atoms with E-state index in [-0.39, 0.29) is 0 Å². The predicted molar refractivity (Wildman–Crippen MR) is 100 cm³/mol. The number of amides is 1. The molecule has 2 aromatic rings. The minimum atomic E-state index is 0.309. The molecule has 4 rings (SSSR count). The van der Waals surface area contributed by atoms with Gasteiger partial charge in [0.2, 0.25) is 5.91 Å². The topological polar surface area (TPSA) is 74.2 Å². The number of carbonyl (C=O) groups excluding carboxylic acids is 1. The van der Waals surface area contributed by atoms with E-state index in [0.29, 0.717) is 17.6 Å².